The summed E-state index contributed by atoms with van der Waals surface area (Å²) in [6.45, 7) is 1.66. The molecule has 2 atom stereocenters. The highest BCUT2D eigenvalue weighted by Crippen LogP contribution is 2.28. The summed E-state index contributed by atoms with van der Waals surface area (Å²) in [5.74, 6) is -0.336. The number of benzene rings is 1. The van der Waals surface area contributed by atoms with Crippen molar-refractivity contribution in [3.8, 4) is 11.5 Å². The van der Waals surface area contributed by atoms with Crippen molar-refractivity contribution >= 4 is 0 Å². The maximum Gasteiger partial charge on any atom is 0.157 e. The van der Waals surface area contributed by atoms with E-state index in [1.165, 1.54) is 12.1 Å². The van der Waals surface area contributed by atoms with Gasteiger partial charge in [0.05, 0.1) is 12.1 Å². The van der Waals surface area contributed by atoms with E-state index in [4.69, 9.17) is 5.11 Å². The van der Waals surface area contributed by atoms with Gasteiger partial charge < -0.3 is 20.6 Å². The SMILES string of the molecule is CNC(c1ccc(O)c(O)c1)C(C)O. The molecule has 0 radical (unpaired) electrons. The molecule has 1 aromatic rings. The van der Waals surface area contributed by atoms with Crippen LogP contribution in [0.1, 0.15) is 18.5 Å². The second kappa shape index (κ2) is 4.30. The Bertz CT molecular complexity index is 312. The largest absolute Gasteiger partial charge is 0.504 e. The molecule has 0 fully saturated rings. The molecule has 0 aromatic heterocycles. The molecule has 4 heteroatoms. The van der Waals surface area contributed by atoms with Crippen LogP contribution in [0.5, 0.6) is 11.5 Å². The molecule has 4 nitrogen and oxygen atoms in total. The second-order valence-electron chi connectivity index (χ2n) is 3.26. The summed E-state index contributed by atoms with van der Waals surface area (Å²) in [5, 5.41) is 30.7. The summed E-state index contributed by atoms with van der Waals surface area (Å²) in [5.41, 5.74) is 0.734. The minimum Gasteiger partial charge on any atom is -0.504 e. The number of likely N-dealkylation sites (N-methyl/N-ethyl adjacent to an activating group) is 1. The van der Waals surface area contributed by atoms with Crippen LogP contribution in [0.2, 0.25) is 0 Å². The van der Waals surface area contributed by atoms with Gasteiger partial charge in [0, 0.05) is 0 Å². The van der Waals surface area contributed by atoms with Crippen molar-refractivity contribution in [3.63, 3.8) is 0 Å². The molecular weight excluding hydrogens is 182 g/mol. The minimum absolute atomic E-state index is 0.158. The molecule has 4 N–H and O–H groups in total. The molecule has 0 saturated heterocycles. The number of aliphatic hydroxyl groups is 1. The van der Waals surface area contributed by atoms with Crippen molar-refractivity contribution < 1.29 is 15.3 Å². The molecule has 0 heterocycles. The summed E-state index contributed by atoms with van der Waals surface area (Å²) in [4.78, 5) is 0. The predicted octanol–water partition coefficient (Wildman–Crippen LogP) is 0.739. The Labute approximate surface area is 82.8 Å². The third kappa shape index (κ3) is 2.16. The standard InChI is InChI=1S/C10H15NO3/c1-6(12)10(11-2)7-3-4-8(13)9(14)5-7/h3-6,10-14H,1-2H3. The van der Waals surface area contributed by atoms with Crippen molar-refractivity contribution in [2.24, 2.45) is 0 Å². The van der Waals surface area contributed by atoms with E-state index in [0.29, 0.717) is 0 Å². The normalized spacial score (nSPS) is 15.1. The van der Waals surface area contributed by atoms with Gasteiger partial charge in [-0.1, -0.05) is 6.07 Å². The zero-order valence-corrected chi connectivity index (χ0v) is 8.23. The van der Waals surface area contributed by atoms with Gasteiger partial charge in [0.2, 0.25) is 0 Å². The number of aromatic hydroxyl groups is 2. The van der Waals surface area contributed by atoms with Gasteiger partial charge in [-0.05, 0) is 31.7 Å². The quantitative estimate of drug-likeness (QED) is 0.539. The fourth-order valence-electron chi connectivity index (χ4n) is 1.42. The van der Waals surface area contributed by atoms with Gasteiger partial charge in [-0.25, -0.2) is 0 Å². The molecule has 78 valence electrons. The van der Waals surface area contributed by atoms with Crippen LogP contribution < -0.4 is 5.32 Å². The third-order valence-corrected chi connectivity index (χ3v) is 2.15. The smallest absolute Gasteiger partial charge is 0.157 e. The van der Waals surface area contributed by atoms with Gasteiger partial charge in [0.25, 0.3) is 0 Å². The number of phenols is 2. The summed E-state index contributed by atoms with van der Waals surface area (Å²) in [6, 6.07) is 4.24. The van der Waals surface area contributed by atoms with Gasteiger partial charge in [-0.2, -0.15) is 0 Å². The Balaban J connectivity index is 3.00. The molecule has 0 aliphatic rings. The minimum atomic E-state index is -0.566. The highest BCUT2D eigenvalue weighted by atomic mass is 16.3. The Kier molecular flexibility index (Phi) is 3.33. The Morgan fingerprint density at radius 3 is 2.29 bits per heavy atom. The van der Waals surface area contributed by atoms with Gasteiger partial charge in [-0.15, -0.1) is 0 Å². The number of rotatable bonds is 3. The van der Waals surface area contributed by atoms with Crippen LogP contribution in [0.4, 0.5) is 0 Å². The maximum atomic E-state index is 9.42. The maximum absolute atomic E-state index is 9.42. The average Bonchev–Trinajstić information content (AvgIpc) is 2.11. The van der Waals surface area contributed by atoms with Gasteiger partial charge in [-0.3, -0.25) is 0 Å². The summed E-state index contributed by atoms with van der Waals surface area (Å²) in [6.07, 6.45) is -0.566. The van der Waals surface area contributed by atoms with Gasteiger partial charge in [0.1, 0.15) is 0 Å². The Hall–Kier alpha value is -1.26. The zero-order valence-electron chi connectivity index (χ0n) is 8.23. The molecule has 2 unspecified atom stereocenters. The molecule has 0 amide bonds. The van der Waals surface area contributed by atoms with Crippen LogP contribution in [-0.4, -0.2) is 28.5 Å². The van der Waals surface area contributed by atoms with Crippen molar-refractivity contribution in [1.82, 2.24) is 5.32 Å². The number of aliphatic hydroxyl groups excluding tert-OH is 1. The van der Waals surface area contributed by atoms with Crippen LogP contribution in [0.25, 0.3) is 0 Å². The zero-order chi connectivity index (χ0) is 10.7. The molecule has 0 aliphatic carbocycles. The van der Waals surface area contributed by atoms with Gasteiger partial charge in [0.15, 0.2) is 11.5 Å². The molecule has 0 saturated carbocycles. The summed E-state index contributed by atoms with van der Waals surface area (Å²) >= 11 is 0. The molecule has 14 heavy (non-hydrogen) atoms. The van der Waals surface area contributed by atoms with E-state index in [1.54, 1.807) is 20.0 Å². The topological polar surface area (TPSA) is 72.7 Å². The molecule has 1 rings (SSSR count). The first-order chi connectivity index (χ1) is 6.56. The highest BCUT2D eigenvalue weighted by molar-refractivity contribution is 5.41. The number of hydrogen-bond acceptors (Lipinski definition) is 4. The first-order valence-corrected chi connectivity index (χ1v) is 4.43. The Morgan fingerprint density at radius 2 is 1.86 bits per heavy atom. The van der Waals surface area contributed by atoms with E-state index in [2.05, 4.69) is 5.32 Å². The van der Waals surface area contributed by atoms with E-state index >= 15 is 0 Å². The fraction of sp³-hybridized carbons (Fsp3) is 0.400. The molecule has 0 aliphatic heterocycles. The van der Waals surface area contributed by atoms with Crippen molar-refractivity contribution in [1.29, 1.82) is 0 Å². The lowest BCUT2D eigenvalue weighted by atomic mass is 10.0. The van der Waals surface area contributed by atoms with E-state index < -0.39 is 6.10 Å². The molecular formula is C10H15NO3. The van der Waals surface area contributed by atoms with Crippen LogP contribution in [0.3, 0.4) is 0 Å². The third-order valence-electron chi connectivity index (χ3n) is 2.15. The van der Waals surface area contributed by atoms with Gasteiger partial charge >= 0.3 is 0 Å². The first-order valence-electron chi connectivity index (χ1n) is 4.43. The molecule has 1 aromatic carbocycles. The lowest BCUT2D eigenvalue weighted by Crippen LogP contribution is -2.26. The van der Waals surface area contributed by atoms with Crippen LogP contribution >= 0.6 is 0 Å². The first kappa shape index (κ1) is 10.8. The van der Waals surface area contributed by atoms with Crippen LogP contribution in [-0.2, 0) is 0 Å². The van der Waals surface area contributed by atoms with Crippen LogP contribution in [0, 0.1) is 0 Å². The molecule has 0 bridgehead atoms. The summed E-state index contributed by atoms with van der Waals surface area (Å²) in [7, 11) is 1.72. The predicted molar refractivity (Wildman–Crippen MR) is 53.3 cm³/mol. The van der Waals surface area contributed by atoms with E-state index in [-0.39, 0.29) is 17.5 Å². The average molecular weight is 197 g/mol. The van der Waals surface area contributed by atoms with Crippen molar-refractivity contribution in [2.45, 2.75) is 19.1 Å². The summed E-state index contributed by atoms with van der Waals surface area (Å²) < 4.78 is 0. The lowest BCUT2D eigenvalue weighted by molar-refractivity contribution is 0.150. The fourth-order valence-corrected chi connectivity index (χ4v) is 1.42. The number of nitrogens with one attached hydrogen (secondary N) is 1. The van der Waals surface area contributed by atoms with E-state index in [9.17, 15) is 10.2 Å². The van der Waals surface area contributed by atoms with Crippen LogP contribution in [0.15, 0.2) is 18.2 Å². The Morgan fingerprint density at radius 1 is 1.21 bits per heavy atom. The number of phenolic OH excluding ortho intramolecular Hbond substituents is 2. The van der Waals surface area contributed by atoms with Crippen molar-refractivity contribution in [2.75, 3.05) is 7.05 Å². The number of hydrogen-bond donors (Lipinski definition) is 4. The molecule has 0 spiro atoms. The second-order valence-corrected chi connectivity index (χ2v) is 3.26. The highest BCUT2D eigenvalue weighted by Gasteiger charge is 2.15. The monoisotopic (exact) mass is 197 g/mol. The lowest BCUT2D eigenvalue weighted by Gasteiger charge is -2.19. The van der Waals surface area contributed by atoms with E-state index in [1.807, 2.05) is 0 Å². The van der Waals surface area contributed by atoms with E-state index in [0.717, 1.165) is 5.56 Å². The van der Waals surface area contributed by atoms with Crippen molar-refractivity contribution in [3.05, 3.63) is 23.8 Å².